The lowest BCUT2D eigenvalue weighted by Gasteiger charge is -2.08. The molecule has 1 saturated carbocycles. The molecule has 1 N–H and O–H groups in total. The van der Waals surface area contributed by atoms with Gasteiger partial charge in [0.15, 0.2) is 0 Å². The van der Waals surface area contributed by atoms with Crippen molar-refractivity contribution in [3.8, 4) is 0 Å². The Morgan fingerprint density at radius 2 is 1.82 bits per heavy atom. The maximum Gasteiger partial charge on any atom is 0.416 e. The Bertz CT molecular complexity index is 975. The lowest BCUT2D eigenvalue weighted by atomic mass is 10.1. The van der Waals surface area contributed by atoms with Crippen LogP contribution in [0.1, 0.15) is 29.9 Å². The Hall–Kier alpha value is -2.76. The molecular formula is C22H21F3N2O. The molecule has 28 heavy (non-hydrogen) atoms. The van der Waals surface area contributed by atoms with Gasteiger partial charge in [-0.1, -0.05) is 30.3 Å². The van der Waals surface area contributed by atoms with Gasteiger partial charge in [-0.15, -0.1) is 0 Å². The maximum absolute atomic E-state index is 12.6. The van der Waals surface area contributed by atoms with Gasteiger partial charge in [-0.05, 0) is 54.0 Å². The molecular weight excluding hydrogens is 365 g/mol. The average molecular weight is 386 g/mol. The smallest absolute Gasteiger partial charge is 0.356 e. The molecule has 0 unspecified atom stereocenters. The Morgan fingerprint density at radius 1 is 1.07 bits per heavy atom. The Kier molecular flexibility index (Phi) is 4.87. The summed E-state index contributed by atoms with van der Waals surface area (Å²) in [6.45, 7) is 1.41. The first-order chi connectivity index (χ1) is 13.4. The average Bonchev–Trinajstić information content (AvgIpc) is 3.39. The lowest BCUT2D eigenvalue weighted by Crippen LogP contribution is -2.27. The molecule has 0 aliphatic heterocycles. The largest absolute Gasteiger partial charge is 0.416 e. The second kappa shape index (κ2) is 7.34. The van der Waals surface area contributed by atoms with E-state index >= 15 is 0 Å². The number of amides is 1. The van der Waals surface area contributed by atoms with E-state index in [-0.39, 0.29) is 17.7 Å². The fourth-order valence-corrected chi connectivity index (χ4v) is 3.70. The number of para-hydroxylation sites is 1. The van der Waals surface area contributed by atoms with Crippen molar-refractivity contribution in [3.05, 3.63) is 71.9 Å². The van der Waals surface area contributed by atoms with Gasteiger partial charge in [0.1, 0.15) is 0 Å². The van der Waals surface area contributed by atoms with Crippen LogP contribution in [0.5, 0.6) is 0 Å². The molecule has 2 aromatic carbocycles. The van der Waals surface area contributed by atoms with E-state index in [2.05, 4.69) is 28.1 Å². The molecule has 0 radical (unpaired) electrons. The second-order valence-electron chi connectivity index (χ2n) is 7.28. The molecule has 1 aliphatic carbocycles. The number of fused-ring (bicyclic) bond motifs is 1. The van der Waals surface area contributed by atoms with E-state index in [1.54, 1.807) is 0 Å². The molecule has 4 rings (SSSR count). The molecule has 1 aliphatic rings. The van der Waals surface area contributed by atoms with Crippen molar-refractivity contribution in [2.45, 2.75) is 31.5 Å². The van der Waals surface area contributed by atoms with E-state index in [0.717, 1.165) is 30.7 Å². The van der Waals surface area contributed by atoms with Crippen molar-refractivity contribution < 1.29 is 18.0 Å². The minimum Gasteiger partial charge on any atom is -0.356 e. The summed E-state index contributed by atoms with van der Waals surface area (Å²) in [4.78, 5) is 12.3. The van der Waals surface area contributed by atoms with Gasteiger partial charge in [0.05, 0.1) is 5.56 Å². The predicted octanol–water partition coefficient (Wildman–Crippen LogP) is 4.97. The number of hydrogen-bond donors (Lipinski definition) is 1. The van der Waals surface area contributed by atoms with Crippen LogP contribution in [0.2, 0.25) is 0 Å². The van der Waals surface area contributed by atoms with Crippen LogP contribution in [-0.4, -0.2) is 17.0 Å². The minimum atomic E-state index is -4.33. The molecule has 1 amide bonds. The normalized spacial score (nSPS) is 19.0. The SMILES string of the molecule is O=C(NCCCn1ccc2ccccc21)[C@H]1C[C@@H]1c1ccc(C(F)(F)F)cc1. The zero-order chi connectivity index (χ0) is 19.7. The highest BCUT2D eigenvalue weighted by Gasteiger charge is 2.44. The summed E-state index contributed by atoms with van der Waals surface area (Å²) in [6, 6.07) is 15.4. The third-order valence-corrected chi connectivity index (χ3v) is 5.35. The van der Waals surface area contributed by atoms with E-state index < -0.39 is 11.7 Å². The van der Waals surface area contributed by atoms with Crippen LogP contribution in [-0.2, 0) is 17.5 Å². The van der Waals surface area contributed by atoms with Gasteiger partial charge in [-0.3, -0.25) is 4.79 Å². The molecule has 1 heterocycles. The summed E-state index contributed by atoms with van der Waals surface area (Å²) in [5, 5.41) is 4.16. The minimum absolute atomic E-state index is 0.0118. The number of aryl methyl sites for hydroxylation is 1. The predicted molar refractivity (Wildman–Crippen MR) is 102 cm³/mol. The summed E-state index contributed by atoms with van der Waals surface area (Å²) in [5.74, 6) is -0.123. The maximum atomic E-state index is 12.6. The van der Waals surface area contributed by atoms with Crippen LogP contribution < -0.4 is 5.32 Å². The first-order valence-corrected chi connectivity index (χ1v) is 9.42. The molecule has 0 saturated heterocycles. The van der Waals surface area contributed by atoms with Crippen molar-refractivity contribution in [1.82, 2.24) is 9.88 Å². The summed E-state index contributed by atoms with van der Waals surface area (Å²) >= 11 is 0. The van der Waals surface area contributed by atoms with Gasteiger partial charge >= 0.3 is 6.18 Å². The number of hydrogen-bond acceptors (Lipinski definition) is 1. The third kappa shape index (κ3) is 3.91. The summed E-state index contributed by atoms with van der Waals surface area (Å²) in [6.07, 6.45) is -0.764. The van der Waals surface area contributed by atoms with Crippen molar-refractivity contribution in [2.24, 2.45) is 5.92 Å². The highest BCUT2D eigenvalue weighted by Crippen LogP contribution is 2.47. The number of alkyl halides is 3. The number of halogens is 3. The number of benzene rings is 2. The van der Waals surface area contributed by atoms with Crippen molar-refractivity contribution in [2.75, 3.05) is 6.54 Å². The van der Waals surface area contributed by atoms with E-state index in [1.165, 1.54) is 23.0 Å². The van der Waals surface area contributed by atoms with Crippen molar-refractivity contribution in [3.63, 3.8) is 0 Å². The molecule has 6 heteroatoms. The van der Waals surface area contributed by atoms with E-state index in [0.29, 0.717) is 13.0 Å². The van der Waals surface area contributed by atoms with E-state index in [4.69, 9.17) is 0 Å². The number of aromatic nitrogens is 1. The van der Waals surface area contributed by atoms with Gasteiger partial charge < -0.3 is 9.88 Å². The topological polar surface area (TPSA) is 34.0 Å². The third-order valence-electron chi connectivity index (χ3n) is 5.35. The first kappa shape index (κ1) is 18.6. The van der Waals surface area contributed by atoms with Gasteiger partial charge in [0.25, 0.3) is 0 Å². The fourth-order valence-electron chi connectivity index (χ4n) is 3.70. The standard InChI is InChI=1S/C22H21F3N2O/c23-22(24,25)17-8-6-15(7-9-17)18-14-19(18)21(28)26-11-3-12-27-13-10-16-4-1-2-5-20(16)27/h1-2,4-10,13,18-19H,3,11-12,14H2,(H,26,28)/t18-,19+/m1/s1. The fraction of sp³-hybridized carbons (Fsp3) is 0.318. The molecule has 146 valence electrons. The molecule has 0 bridgehead atoms. The van der Waals surface area contributed by atoms with Crippen LogP contribution in [0.3, 0.4) is 0 Å². The van der Waals surface area contributed by atoms with Gasteiger partial charge in [-0.2, -0.15) is 13.2 Å². The van der Waals surface area contributed by atoms with Gasteiger partial charge in [0.2, 0.25) is 5.91 Å². The van der Waals surface area contributed by atoms with Crippen molar-refractivity contribution >= 4 is 16.8 Å². The molecule has 1 fully saturated rings. The number of rotatable bonds is 6. The number of nitrogens with one attached hydrogen (secondary N) is 1. The zero-order valence-electron chi connectivity index (χ0n) is 15.2. The van der Waals surface area contributed by atoms with Gasteiger partial charge in [0, 0.05) is 30.7 Å². The van der Waals surface area contributed by atoms with E-state index in [9.17, 15) is 18.0 Å². The first-order valence-electron chi connectivity index (χ1n) is 9.42. The highest BCUT2D eigenvalue weighted by molar-refractivity contribution is 5.83. The quantitative estimate of drug-likeness (QED) is 0.597. The second-order valence-corrected chi connectivity index (χ2v) is 7.28. The van der Waals surface area contributed by atoms with Crippen LogP contribution in [0, 0.1) is 5.92 Å². The van der Waals surface area contributed by atoms with Crippen molar-refractivity contribution in [1.29, 1.82) is 0 Å². The Morgan fingerprint density at radius 3 is 2.57 bits per heavy atom. The molecule has 1 aromatic heterocycles. The van der Waals surface area contributed by atoms with Crippen LogP contribution in [0.4, 0.5) is 13.2 Å². The Labute approximate surface area is 161 Å². The zero-order valence-corrected chi connectivity index (χ0v) is 15.2. The van der Waals surface area contributed by atoms with Gasteiger partial charge in [-0.25, -0.2) is 0 Å². The number of nitrogens with zero attached hydrogens (tertiary/aromatic N) is 1. The summed E-state index contributed by atoms with van der Waals surface area (Å²) in [5.41, 5.74) is 1.32. The lowest BCUT2D eigenvalue weighted by molar-refractivity contribution is -0.137. The summed E-state index contributed by atoms with van der Waals surface area (Å²) in [7, 11) is 0. The molecule has 2 atom stereocenters. The monoisotopic (exact) mass is 386 g/mol. The van der Waals surface area contributed by atoms with Crippen LogP contribution >= 0.6 is 0 Å². The molecule has 3 nitrogen and oxygen atoms in total. The highest BCUT2D eigenvalue weighted by atomic mass is 19.4. The molecule has 3 aromatic rings. The Balaban J connectivity index is 1.24. The van der Waals surface area contributed by atoms with Crippen LogP contribution in [0.15, 0.2) is 60.8 Å². The molecule has 0 spiro atoms. The number of carbonyl (C=O) groups is 1. The number of carbonyl (C=O) groups excluding carboxylic acids is 1. The summed E-state index contributed by atoms with van der Waals surface area (Å²) < 4.78 is 40.1. The van der Waals surface area contributed by atoms with E-state index in [1.807, 2.05) is 18.3 Å². The van der Waals surface area contributed by atoms with Crippen LogP contribution in [0.25, 0.3) is 10.9 Å².